The number of rotatable bonds is 7. The Hall–Kier alpha value is -1.75. The van der Waals surface area contributed by atoms with Crippen LogP contribution in [-0.4, -0.2) is 32.7 Å². The molecule has 1 aromatic carbocycles. The second-order valence-corrected chi connectivity index (χ2v) is 4.83. The number of ether oxygens (including phenoxy) is 1. The van der Waals surface area contributed by atoms with Crippen LogP contribution in [0.25, 0.3) is 0 Å². The molecule has 0 aliphatic heterocycles. The Kier molecular flexibility index (Phi) is 4.63. The topological polar surface area (TPSA) is 76.4 Å². The molecule has 1 aromatic rings. The summed E-state index contributed by atoms with van der Waals surface area (Å²) < 4.78 is 5.54. The molecule has 19 heavy (non-hydrogen) atoms. The molecule has 2 rings (SSSR count). The van der Waals surface area contributed by atoms with E-state index in [4.69, 9.17) is 10.5 Å². The number of carbonyl (C=O) groups excluding carboxylic acids is 1. The summed E-state index contributed by atoms with van der Waals surface area (Å²) in [5.41, 5.74) is 7.87. The van der Waals surface area contributed by atoms with Gasteiger partial charge in [0.05, 0.1) is 18.0 Å². The molecule has 1 saturated carbocycles. The average molecular weight is 263 g/mol. The molecular weight excluding hydrogens is 242 g/mol. The first-order valence-corrected chi connectivity index (χ1v) is 6.64. The van der Waals surface area contributed by atoms with Crippen LogP contribution < -0.4 is 16.4 Å². The van der Waals surface area contributed by atoms with Gasteiger partial charge in [-0.1, -0.05) is 0 Å². The van der Waals surface area contributed by atoms with Crippen molar-refractivity contribution in [3.8, 4) is 0 Å². The molecule has 0 heterocycles. The van der Waals surface area contributed by atoms with Crippen LogP contribution in [0.5, 0.6) is 0 Å². The molecule has 0 unspecified atom stereocenters. The van der Waals surface area contributed by atoms with E-state index < -0.39 is 0 Å². The number of anilines is 2. The Morgan fingerprint density at radius 1 is 1.47 bits per heavy atom. The lowest BCUT2D eigenvalue weighted by Gasteiger charge is -2.11. The monoisotopic (exact) mass is 263 g/mol. The van der Waals surface area contributed by atoms with Gasteiger partial charge < -0.3 is 21.1 Å². The summed E-state index contributed by atoms with van der Waals surface area (Å²) in [5, 5.41) is 5.79. The van der Waals surface area contributed by atoms with Crippen LogP contribution in [0.2, 0.25) is 0 Å². The molecule has 1 amide bonds. The first-order chi connectivity index (χ1) is 9.20. The summed E-state index contributed by atoms with van der Waals surface area (Å²) in [7, 11) is 1.61. The van der Waals surface area contributed by atoms with Gasteiger partial charge in [-0.2, -0.15) is 0 Å². The van der Waals surface area contributed by atoms with E-state index in [0.717, 1.165) is 18.2 Å². The first kappa shape index (κ1) is 13.7. The van der Waals surface area contributed by atoms with Gasteiger partial charge in [0.2, 0.25) is 0 Å². The second-order valence-electron chi connectivity index (χ2n) is 4.83. The van der Waals surface area contributed by atoms with Crippen LogP contribution >= 0.6 is 0 Å². The highest BCUT2D eigenvalue weighted by Gasteiger charge is 2.20. The third-order valence-electron chi connectivity index (χ3n) is 3.15. The Morgan fingerprint density at radius 3 is 2.95 bits per heavy atom. The number of benzene rings is 1. The molecule has 1 fully saturated rings. The summed E-state index contributed by atoms with van der Waals surface area (Å²) in [6.07, 6.45) is 2.60. The quantitative estimate of drug-likeness (QED) is 0.514. The van der Waals surface area contributed by atoms with Gasteiger partial charge in [0.25, 0.3) is 5.91 Å². The normalized spacial score (nSPS) is 14.2. The molecule has 104 valence electrons. The number of nitrogens with one attached hydrogen (secondary N) is 2. The SMILES string of the molecule is CNC(=O)c1ccc(N)c(NCCOCC2CC2)c1. The standard InChI is InChI=1S/C14H21N3O2/c1-16-14(18)11-4-5-12(15)13(8-11)17-6-7-19-9-10-2-3-10/h4-5,8,10,17H,2-3,6-7,9,15H2,1H3,(H,16,18). The van der Waals surface area contributed by atoms with E-state index in [1.165, 1.54) is 12.8 Å². The maximum absolute atomic E-state index is 11.5. The van der Waals surface area contributed by atoms with Crippen LogP contribution in [0.1, 0.15) is 23.2 Å². The number of carbonyl (C=O) groups is 1. The van der Waals surface area contributed by atoms with E-state index in [-0.39, 0.29) is 5.91 Å². The lowest BCUT2D eigenvalue weighted by atomic mass is 10.1. The van der Waals surface area contributed by atoms with Crippen molar-refractivity contribution in [2.24, 2.45) is 5.92 Å². The van der Waals surface area contributed by atoms with Gasteiger partial charge in [0.15, 0.2) is 0 Å². The second kappa shape index (κ2) is 6.43. The van der Waals surface area contributed by atoms with Crippen LogP contribution in [0, 0.1) is 5.92 Å². The van der Waals surface area contributed by atoms with Crippen molar-refractivity contribution in [3.63, 3.8) is 0 Å². The molecule has 5 nitrogen and oxygen atoms in total. The van der Waals surface area contributed by atoms with Gasteiger partial charge in [-0.05, 0) is 37.0 Å². The molecule has 5 heteroatoms. The van der Waals surface area contributed by atoms with Crippen LogP contribution in [0.15, 0.2) is 18.2 Å². The molecule has 0 spiro atoms. The van der Waals surface area contributed by atoms with E-state index >= 15 is 0 Å². The van der Waals surface area contributed by atoms with Gasteiger partial charge in [0, 0.05) is 25.8 Å². The maximum atomic E-state index is 11.5. The third-order valence-corrected chi connectivity index (χ3v) is 3.15. The molecule has 0 saturated heterocycles. The van der Waals surface area contributed by atoms with Gasteiger partial charge >= 0.3 is 0 Å². The Balaban J connectivity index is 1.81. The number of hydrogen-bond acceptors (Lipinski definition) is 4. The summed E-state index contributed by atoms with van der Waals surface area (Å²) in [6, 6.07) is 5.20. The van der Waals surface area contributed by atoms with Gasteiger partial charge in [0.1, 0.15) is 0 Å². The molecule has 0 aromatic heterocycles. The fourth-order valence-corrected chi connectivity index (χ4v) is 1.79. The molecule has 4 N–H and O–H groups in total. The largest absolute Gasteiger partial charge is 0.397 e. The van der Waals surface area contributed by atoms with E-state index in [2.05, 4.69) is 10.6 Å². The maximum Gasteiger partial charge on any atom is 0.251 e. The van der Waals surface area contributed by atoms with Crippen molar-refractivity contribution in [1.82, 2.24) is 5.32 Å². The zero-order valence-corrected chi connectivity index (χ0v) is 11.2. The number of nitrogens with two attached hydrogens (primary N) is 1. The van der Waals surface area contributed by atoms with E-state index in [0.29, 0.717) is 24.4 Å². The predicted octanol–water partition coefficient (Wildman–Crippen LogP) is 1.47. The van der Waals surface area contributed by atoms with Crippen molar-refractivity contribution < 1.29 is 9.53 Å². The lowest BCUT2D eigenvalue weighted by molar-refractivity contribution is 0.0963. The zero-order valence-electron chi connectivity index (χ0n) is 11.2. The Morgan fingerprint density at radius 2 is 2.26 bits per heavy atom. The lowest BCUT2D eigenvalue weighted by Crippen LogP contribution is -2.18. The number of amides is 1. The summed E-state index contributed by atoms with van der Waals surface area (Å²) in [5.74, 6) is 0.662. The summed E-state index contributed by atoms with van der Waals surface area (Å²) in [4.78, 5) is 11.5. The fourth-order valence-electron chi connectivity index (χ4n) is 1.79. The van der Waals surface area contributed by atoms with E-state index in [9.17, 15) is 4.79 Å². The molecular formula is C14H21N3O2. The summed E-state index contributed by atoms with van der Waals surface area (Å²) in [6.45, 7) is 2.20. The average Bonchev–Trinajstić information content (AvgIpc) is 3.23. The predicted molar refractivity (Wildman–Crippen MR) is 76.3 cm³/mol. The molecule has 0 radical (unpaired) electrons. The first-order valence-electron chi connectivity index (χ1n) is 6.64. The van der Waals surface area contributed by atoms with Crippen molar-refractivity contribution in [2.45, 2.75) is 12.8 Å². The van der Waals surface area contributed by atoms with Crippen molar-refractivity contribution in [3.05, 3.63) is 23.8 Å². The van der Waals surface area contributed by atoms with Gasteiger partial charge in [-0.25, -0.2) is 0 Å². The minimum Gasteiger partial charge on any atom is -0.397 e. The van der Waals surface area contributed by atoms with Gasteiger partial charge in [-0.3, -0.25) is 4.79 Å². The minimum atomic E-state index is -0.118. The molecule has 0 atom stereocenters. The number of hydrogen-bond donors (Lipinski definition) is 3. The zero-order chi connectivity index (χ0) is 13.7. The summed E-state index contributed by atoms with van der Waals surface area (Å²) >= 11 is 0. The van der Waals surface area contributed by atoms with Crippen molar-refractivity contribution in [2.75, 3.05) is 37.9 Å². The highest BCUT2D eigenvalue weighted by Crippen LogP contribution is 2.28. The molecule has 0 bridgehead atoms. The number of nitrogen functional groups attached to an aromatic ring is 1. The highest BCUT2D eigenvalue weighted by molar-refractivity contribution is 5.96. The van der Waals surface area contributed by atoms with E-state index in [1.54, 1.807) is 25.2 Å². The van der Waals surface area contributed by atoms with Gasteiger partial charge in [-0.15, -0.1) is 0 Å². The smallest absolute Gasteiger partial charge is 0.251 e. The minimum absolute atomic E-state index is 0.118. The van der Waals surface area contributed by atoms with Crippen molar-refractivity contribution >= 4 is 17.3 Å². The van der Waals surface area contributed by atoms with Crippen LogP contribution in [0.4, 0.5) is 11.4 Å². The van der Waals surface area contributed by atoms with Crippen LogP contribution in [-0.2, 0) is 4.74 Å². The van der Waals surface area contributed by atoms with Crippen LogP contribution in [0.3, 0.4) is 0 Å². The molecule has 1 aliphatic rings. The van der Waals surface area contributed by atoms with E-state index in [1.807, 2.05) is 0 Å². The van der Waals surface area contributed by atoms with Crippen molar-refractivity contribution in [1.29, 1.82) is 0 Å². The fraction of sp³-hybridized carbons (Fsp3) is 0.500. The third kappa shape index (κ3) is 4.13. The Labute approximate surface area is 113 Å². The highest BCUT2D eigenvalue weighted by atomic mass is 16.5. The molecule has 1 aliphatic carbocycles. The Bertz CT molecular complexity index is 444.